The number of benzene rings is 1. The Balaban J connectivity index is 1.90. The van der Waals surface area contributed by atoms with Crippen LogP contribution < -0.4 is 5.32 Å². The van der Waals surface area contributed by atoms with Crippen LogP contribution in [0.1, 0.15) is 38.7 Å². The predicted octanol–water partition coefficient (Wildman–Crippen LogP) is 3.51. The first kappa shape index (κ1) is 16.7. The molecule has 0 heterocycles. The third-order valence-electron chi connectivity index (χ3n) is 3.21. The minimum Gasteiger partial charge on any atom is -0.381 e. The van der Waals surface area contributed by atoms with Crippen LogP contribution in [0, 0.1) is 16.7 Å². The van der Waals surface area contributed by atoms with Crippen molar-refractivity contribution in [2.75, 3.05) is 19.8 Å². The molecule has 0 aliphatic rings. The van der Waals surface area contributed by atoms with Crippen molar-refractivity contribution >= 4 is 0 Å². The quantitative estimate of drug-likeness (QED) is 0.664. The Morgan fingerprint density at radius 1 is 1.15 bits per heavy atom. The minimum atomic E-state index is -0.222. The average Bonchev–Trinajstić information content (AvgIpc) is 2.46. The molecule has 0 atom stereocenters. The van der Waals surface area contributed by atoms with Gasteiger partial charge in [0.2, 0.25) is 0 Å². The Hall–Kier alpha value is -1.37. The summed E-state index contributed by atoms with van der Waals surface area (Å²) in [6.45, 7) is 7.37. The summed E-state index contributed by atoms with van der Waals surface area (Å²) >= 11 is 0. The Morgan fingerprint density at radius 3 is 2.55 bits per heavy atom. The molecule has 0 fully saturated rings. The van der Waals surface area contributed by atoms with Crippen LogP contribution in [0.15, 0.2) is 30.3 Å². The number of nitriles is 1. The third kappa shape index (κ3) is 7.93. The highest BCUT2D eigenvalue weighted by atomic mass is 16.5. The largest absolute Gasteiger partial charge is 0.381 e. The van der Waals surface area contributed by atoms with Gasteiger partial charge in [0.05, 0.1) is 11.5 Å². The summed E-state index contributed by atoms with van der Waals surface area (Å²) in [5, 5.41) is 12.3. The van der Waals surface area contributed by atoms with Gasteiger partial charge < -0.3 is 10.1 Å². The number of ether oxygens (including phenoxy) is 1. The SMILES string of the molecule is CC(C)(C#N)CCCOCCCNCc1ccccc1. The fourth-order valence-corrected chi connectivity index (χ4v) is 1.90. The number of nitrogens with one attached hydrogen (secondary N) is 1. The highest BCUT2D eigenvalue weighted by Gasteiger charge is 2.15. The predicted molar refractivity (Wildman–Crippen MR) is 82.2 cm³/mol. The smallest absolute Gasteiger partial charge is 0.0683 e. The van der Waals surface area contributed by atoms with Crippen LogP contribution in [-0.4, -0.2) is 19.8 Å². The monoisotopic (exact) mass is 274 g/mol. The maximum atomic E-state index is 8.89. The summed E-state index contributed by atoms with van der Waals surface area (Å²) in [5.41, 5.74) is 1.09. The number of hydrogen-bond donors (Lipinski definition) is 1. The van der Waals surface area contributed by atoms with E-state index in [1.165, 1.54) is 5.56 Å². The van der Waals surface area contributed by atoms with Crippen LogP contribution >= 0.6 is 0 Å². The topological polar surface area (TPSA) is 45.0 Å². The zero-order valence-electron chi connectivity index (χ0n) is 12.7. The van der Waals surface area contributed by atoms with Crippen LogP contribution in [0.3, 0.4) is 0 Å². The van der Waals surface area contributed by atoms with Crippen molar-refractivity contribution in [3.63, 3.8) is 0 Å². The molecule has 1 N–H and O–H groups in total. The summed E-state index contributed by atoms with van der Waals surface area (Å²) in [6.07, 6.45) is 2.88. The van der Waals surface area contributed by atoms with Crippen LogP contribution in [0.5, 0.6) is 0 Å². The Morgan fingerprint density at radius 2 is 1.85 bits per heavy atom. The molecule has 0 aromatic heterocycles. The highest BCUT2D eigenvalue weighted by Crippen LogP contribution is 2.20. The molecule has 0 saturated heterocycles. The summed E-state index contributed by atoms with van der Waals surface area (Å²) in [6, 6.07) is 12.7. The van der Waals surface area contributed by atoms with Crippen LogP contribution in [0.4, 0.5) is 0 Å². The van der Waals surface area contributed by atoms with Gasteiger partial charge in [0.25, 0.3) is 0 Å². The molecular formula is C17H26N2O. The minimum absolute atomic E-state index is 0.222. The second-order valence-electron chi connectivity index (χ2n) is 5.73. The van der Waals surface area contributed by atoms with Gasteiger partial charge in [0, 0.05) is 19.8 Å². The van der Waals surface area contributed by atoms with Crippen molar-refractivity contribution in [1.29, 1.82) is 5.26 Å². The normalized spacial score (nSPS) is 11.2. The Bertz CT molecular complexity index is 395. The van der Waals surface area contributed by atoms with Crippen molar-refractivity contribution in [3.05, 3.63) is 35.9 Å². The van der Waals surface area contributed by atoms with E-state index < -0.39 is 0 Å². The molecule has 1 rings (SSSR count). The van der Waals surface area contributed by atoms with Gasteiger partial charge in [-0.3, -0.25) is 0 Å². The molecule has 0 unspecified atom stereocenters. The van der Waals surface area contributed by atoms with Gasteiger partial charge in [0.1, 0.15) is 0 Å². The summed E-state index contributed by atoms with van der Waals surface area (Å²) < 4.78 is 5.58. The van der Waals surface area contributed by atoms with E-state index in [0.717, 1.165) is 45.6 Å². The van der Waals surface area contributed by atoms with Crippen LogP contribution in [0.25, 0.3) is 0 Å². The zero-order valence-corrected chi connectivity index (χ0v) is 12.7. The van der Waals surface area contributed by atoms with Crippen LogP contribution in [-0.2, 0) is 11.3 Å². The summed E-state index contributed by atoms with van der Waals surface area (Å²) in [7, 11) is 0. The van der Waals surface area contributed by atoms with E-state index in [4.69, 9.17) is 10.00 Å². The zero-order chi connectivity index (χ0) is 14.7. The molecule has 0 radical (unpaired) electrons. The van der Waals surface area contributed by atoms with Crippen molar-refractivity contribution in [3.8, 4) is 6.07 Å². The third-order valence-corrected chi connectivity index (χ3v) is 3.21. The highest BCUT2D eigenvalue weighted by molar-refractivity contribution is 5.14. The molecule has 0 spiro atoms. The second-order valence-corrected chi connectivity index (χ2v) is 5.73. The standard InChI is InChI=1S/C17H26N2O/c1-17(2,15-18)10-6-12-20-13-7-11-19-14-16-8-4-3-5-9-16/h3-5,8-9,19H,6-7,10-14H2,1-2H3. The second kappa shape index (κ2) is 9.52. The molecule has 0 saturated carbocycles. The molecule has 0 amide bonds. The Labute approximate surface area is 123 Å². The lowest BCUT2D eigenvalue weighted by atomic mass is 9.90. The summed E-state index contributed by atoms with van der Waals surface area (Å²) in [4.78, 5) is 0. The molecule has 3 nitrogen and oxygen atoms in total. The van der Waals surface area contributed by atoms with Crippen molar-refractivity contribution < 1.29 is 4.74 Å². The van der Waals surface area contributed by atoms with Gasteiger partial charge >= 0.3 is 0 Å². The first-order chi connectivity index (χ1) is 9.64. The fourth-order valence-electron chi connectivity index (χ4n) is 1.90. The lowest BCUT2D eigenvalue weighted by Gasteiger charge is -2.14. The van der Waals surface area contributed by atoms with E-state index in [2.05, 4.69) is 35.7 Å². The van der Waals surface area contributed by atoms with E-state index in [0.29, 0.717) is 0 Å². The fraction of sp³-hybridized carbons (Fsp3) is 0.588. The van der Waals surface area contributed by atoms with Gasteiger partial charge in [-0.1, -0.05) is 30.3 Å². The molecule has 3 heteroatoms. The number of hydrogen-bond acceptors (Lipinski definition) is 3. The first-order valence-electron chi connectivity index (χ1n) is 7.38. The molecule has 1 aromatic carbocycles. The van der Waals surface area contributed by atoms with Crippen molar-refractivity contribution in [2.24, 2.45) is 5.41 Å². The van der Waals surface area contributed by atoms with E-state index in [-0.39, 0.29) is 5.41 Å². The van der Waals surface area contributed by atoms with Crippen LogP contribution in [0.2, 0.25) is 0 Å². The average molecular weight is 274 g/mol. The van der Waals surface area contributed by atoms with Gasteiger partial charge in [-0.15, -0.1) is 0 Å². The molecule has 0 bridgehead atoms. The lowest BCUT2D eigenvalue weighted by Crippen LogP contribution is -2.16. The molecule has 110 valence electrons. The maximum Gasteiger partial charge on any atom is 0.0683 e. The van der Waals surface area contributed by atoms with Crippen molar-refractivity contribution in [2.45, 2.75) is 39.7 Å². The van der Waals surface area contributed by atoms with Crippen molar-refractivity contribution in [1.82, 2.24) is 5.32 Å². The first-order valence-corrected chi connectivity index (χ1v) is 7.38. The number of rotatable bonds is 10. The number of nitrogens with zero attached hydrogens (tertiary/aromatic N) is 1. The van der Waals surface area contributed by atoms with Gasteiger partial charge in [-0.25, -0.2) is 0 Å². The molecule has 1 aromatic rings. The molecule has 0 aliphatic heterocycles. The molecule has 20 heavy (non-hydrogen) atoms. The summed E-state index contributed by atoms with van der Waals surface area (Å²) in [5.74, 6) is 0. The molecule has 0 aliphatic carbocycles. The van der Waals surface area contributed by atoms with Gasteiger partial charge in [-0.05, 0) is 45.2 Å². The lowest BCUT2D eigenvalue weighted by molar-refractivity contribution is 0.122. The Kier molecular flexibility index (Phi) is 7.94. The van der Waals surface area contributed by atoms with E-state index >= 15 is 0 Å². The van der Waals surface area contributed by atoms with Gasteiger partial charge in [0.15, 0.2) is 0 Å². The maximum absolute atomic E-state index is 8.89. The van der Waals surface area contributed by atoms with Gasteiger partial charge in [-0.2, -0.15) is 5.26 Å². The molecular weight excluding hydrogens is 248 g/mol. The van der Waals surface area contributed by atoms with E-state index in [1.807, 2.05) is 19.9 Å². The van der Waals surface area contributed by atoms with E-state index in [1.54, 1.807) is 0 Å². The van der Waals surface area contributed by atoms with E-state index in [9.17, 15) is 0 Å².